The molecule has 2 atom stereocenters. The van der Waals surface area contributed by atoms with Crippen LogP contribution < -0.4 is 5.32 Å². The molecule has 0 aliphatic rings. The lowest BCUT2D eigenvalue weighted by Gasteiger charge is -2.27. The normalized spacial score (nSPS) is 14.7. The Labute approximate surface area is 97.7 Å². The maximum absolute atomic E-state index is 11.5. The van der Waals surface area contributed by atoms with Crippen molar-refractivity contribution in [1.29, 1.82) is 0 Å². The molecule has 0 unspecified atom stereocenters. The molecule has 0 bridgehead atoms. The highest BCUT2D eigenvalue weighted by Crippen LogP contribution is 2.17. The number of hydrogen-bond donors (Lipinski definition) is 2. The number of aliphatic hydroxyl groups is 1. The van der Waals surface area contributed by atoms with E-state index in [1.54, 1.807) is 6.08 Å². The van der Waals surface area contributed by atoms with Crippen LogP contribution in [0.25, 0.3) is 0 Å². The highest BCUT2D eigenvalue weighted by atomic mass is 16.6. The first-order valence-corrected chi connectivity index (χ1v) is 5.62. The van der Waals surface area contributed by atoms with Crippen LogP contribution in [0.15, 0.2) is 12.7 Å². The molecule has 0 saturated carbocycles. The van der Waals surface area contributed by atoms with Crippen LogP contribution in [0.3, 0.4) is 0 Å². The first-order valence-electron chi connectivity index (χ1n) is 5.62. The number of carbonyl (C=O) groups is 1. The highest BCUT2D eigenvalue weighted by molar-refractivity contribution is 5.67. The van der Waals surface area contributed by atoms with Crippen LogP contribution in [0, 0.1) is 11.8 Å². The van der Waals surface area contributed by atoms with Gasteiger partial charge in [0, 0.05) is 12.0 Å². The molecule has 0 heterocycles. The van der Waals surface area contributed by atoms with Crippen molar-refractivity contribution in [1.82, 2.24) is 5.32 Å². The Morgan fingerprint density at radius 2 is 2.00 bits per heavy atom. The average Bonchev–Trinajstić information content (AvgIpc) is 2.16. The summed E-state index contributed by atoms with van der Waals surface area (Å²) in [5.74, 6) is -0.0917. The minimum Gasteiger partial charge on any atom is -0.445 e. The molecular weight excluding hydrogens is 206 g/mol. The molecule has 0 rings (SSSR count). The first kappa shape index (κ1) is 15.0. The van der Waals surface area contributed by atoms with Gasteiger partial charge in [-0.15, -0.1) is 6.58 Å². The van der Waals surface area contributed by atoms with Gasteiger partial charge in [0.25, 0.3) is 0 Å². The third-order valence-corrected chi connectivity index (χ3v) is 2.24. The smallest absolute Gasteiger partial charge is 0.407 e. The van der Waals surface area contributed by atoms with E-state index >= 15 is 0 Å². The van der Waals surface area contributed by atoms with Crippen molar-refractivity contribution in [2.75, 3.05) is 6.61 Å². The Hall–Kier alpha value is -1.03. The van der Waals surface area contributed by atoms with E-state index in [1.165, 1.54) is 0 Å². The lowest BCUT2D eigenvalue weighted by molar-refractivity contribution is 0.0272. The van der Waals surface area contributed by atoms with E-state index in [2.05, 4.69) is 11.9 Å². The van der Waals surface area contributed by atoms with Gasteiger partial charge < -0.3 is 15.2 Å². The van der Waals surface area contributed by atoms with Crippen LogP contribution in [0.2, 0.25) is 0 Å². The fourth-order valence-electron chi connectivity index (χ4n) is 1.42. The molecule has 0 saturated heterocycles. The second kappa shape index (κ2) is 7.28. The Morgan fingerprint density at radius 1 is 1.44 bits per heavy atom. The monoisotopic (exact) mass is 229 g/mol. The zero-order chi connectivity index (χ0) is 12.7. The van der Waals surface area contributed by atoms with Crippen molar-refractivity contribution in [3.05, 3.63) is 12.7 Å². The van der Waals surface area contributed by atoms with E-state index in [0.717, 1.165) is 0 Å². The molecule has 94 valence electrons. The number of amides is 1. The fraction of sp³-hybridized carbons (Fsp3) is 0.750. The molecule has 4 heteroatoms. The third-order valence-electron chi connectivity index (χ3n) is 2.24. The Balaban J connectivity index is 4.44. The van der Waals surface area contributed by atoms with E-state index in [-0.39, 0.29) is 30.6 Å². The zero-order valence-electron chi connectivity index (χ0n) is 10.6. The van der Waals surface area contributed by atoms with Gasteiger partial charge in [-0.1, -0.05) is 19.9 Å². The van der Waals surface area contributed by atoms with Gasteiger partial charge in [0.2, 0.25) is 0 Å². The van der Waals surface area contributed by atoms with E-state index < -0.39 is 6.09 Å². The van der Waals surface area contributed by atoms with Gasteiger partial charge >= 0.3 is 6.09 Å². The summed E-state index contributed by atoms with van der Waals surface area (Å²) in [5, 5.41) is 11.8. The topological polar surface area (TPSA) is 58.6 Å². The molecule has 2 N–H and O–H groups in total. The first-order chi connectivity index (χ1) is 7.42. The molecular formula is C12H23NO3. The molecule has 0 radical (unpaired) electrons. The molecule has 0 fully saturated rings. The molecule has 0 spiro atoms. The SMILES string of the molecule is C=C[C@@H](CO)[C@H](OC(=O)NC(C)C)C(C)C. The van der Waals surface area contributed by atoms with Gasteiger partial charge in [-0.3, -0.25) is 0 Å². The predicted octanol–water partition coefficient (Wildman–Crippen LogP) is 1.94. The average molecular weight is 229 g/mol. The van der Waals surface area contributed by atoms with Crippen molar-refractivity contribution in [2.45, 2.75) is 39.8 Å². The highest BCUT2D eigenvalue weighted by Gasteiger charge is 2.25. The van der Waals surface area contributed by atoms with Gasteiger partial charge in [-0.25, -0.2) is 4.79 Å². The number of alkyl carbamates (subject to hydrolysis) is 1. The van der Waals surface area contributed by atoms with Gasteiger partial charge in [0.15, 0.2) is 0 Å². The van der Waals surface area contributed by atoms with Crippen LogP contribution in [-0.2, 0) is 4.74 Å². The van der Waals surface area contributed by atoms with Crippen LogP contribution in [0.5, 0.6) is 0 Å². The summed E-state index contributed by atoms with van der Waals surface area (Å²) in [6.07, 6.45) is 0.822. The number of aliphatic hydroxyl groups excluding tert-OH is 1. The Kier molecular flexibility index (Phi) is 6.81. The molecule has 4 nitrogen and oxygen atoms in total. The Morgan fingerprint density at radius 3 is 2.31 bits per heavy atom. The van der Waals surface area contributed by atoms with Crippen molar-refractivity contribution < 1.29 is 14.6 Å². The van der Waals surface area contributed by atoms with Crippen molar-refractivity contribution in [3.8, 4) is 0 Å². The molecule has 0 aliphatic carbocycles. The third kappa shape index (κ3) is 5.16. The molecule has 0 aromatic rings. The summed E-state index contributed by atoms with van der Waals surface area (Å²) in [7, 11) is 0. The summed E-state index contributed by atoms with van der Waals surface area (Å²) in [6, 6.07) is 0.0385. The van der Waals surface area contributed by atoms with Crippen molar-refractivity contribution in [3.63, 3.8) is 0 Å². The second-order valence-corrected chi connectivity index (χ2v) is 4.50. The van der Waals surface area contributed by atoms with Gasteiger partial charge in [-0.05, 0) is 19.8 Å². The lowest BCUT2D eigenvalue weighted by atomic mass is 9.94. The summed E-state index contributed by atoms with van der Waals surface area (Å²) in [5.41, 5.74) is 0. The van der Waals surface area contributed by atoms with E-state index in [9.17, 15) is 4.79 Å². The fourth-order valence-corrected chi connectivity index (χ4v) is 1.42. The van der Waals surface area contributed by atoms with E-state index in [0.29, 0.717) is 0 Å². The van der Waals surface area contributed by atoms with Gasteiger partial charge in [0.05, 0.1) is 6.61 Å². The minimum absolute atomic E-state index is 0.0385. The zero-order valence-corrected chi connectivity index (χ0v) is 10.6. The number of hydrogen-bond acceptors (Lipinski definition) is 3. The summed E-state index contributed by atoms with van der Waals surface area (Å²) in [6.45, 7) is 11.2. The van der Waals surface area contributed by atoms with Crippen LogP contribution in [0.4, 0.5) is 4.79 Å². The lowest BCUT2D eigenvalue weighted by Crippen LogP contribution is -2.39. The van der Waals surface area contributed by atoms with Crippen LogP contribution in [0.1, 0.15) is 27.7 Å². The predicted molar refractivity (Wildman–Crippen MR) is 64.2 cm³/mol. The molecule has 0 aliphatic heterocycles. The van der Waals surface area contributed by atoms with Gasteiger partial charge in [-0.2, -0.15) is 0 Å². The molecule has 1 amide bonds. The van der Waals surface area contributed by atoms with Crippen molar-refractivity contribution >= 4 is 6.09 Å². The second-order valence-electron chi connectivity index (χ2n) is 4.50. The number of carbonyl (C=O) groups excluding carboxylic acids is 1. The quantitative estimate of drug-likeness (QED) is 0.684. The summed E-state index contributed by atoms with van der Waals surface area (Å²) >= 11 is 0. The van der Waals surface area contributed by atoms with Gasteiger partial charge in [0.1, 0.15) is 6.10 Å². The maximum Gasteiger partial charge on any atom is 0.407 e. The minimum atomic E-state index is -0.450. The number of nitrogens with one attached hydrogen (secondary N) is 1. The van der Waals surface area contributed by atoms with Crippen LogP contribution in [-0.4, -0.2) is 30.0 Å². The standard InChI is InChI=1S/C12H23NO3/c1-6-10(7-14)11(8(2)3)16-12(15)13-9(4)5/h6,8-11,14H,1,7H2,2-5H3,(H,13,15)/t10-,11+/m0/s1. The maximum atomic E-state index is 11.5. The number of rotatable bonds is 6. The largest absolute Gasteiger partial charge is 0.445 e. The van der Waals surface area contributed by atoms with Crippen molar-refractivity contribution in [2.24, 2.45) is 11.8 Å². The van der Waals surface area contributed by atoms with Crippen LogP contribution >= 0.6 is 0 Å². The van der Waals surface area contributed by atoms with E-state index in [4.69, 9.17) is 9.84 Å². The van der Waals surface area contributed by atoms with E-state index in [1.807, 2.05) is 27.7 Å². The summed E-state index contributed by atoms with van der Waals surface area (Å²) in [4.78, 5) is 11.5. The molecule has 0 aromatic carbocycles. The molecule has 16 heavy (non-hydrogen) atoms. The summed E-state index contributed by atoms with van der Waals surface area (Å²) < 4.78 is 5.29. The number of ether oxygens (including phenoxy) is 1. The Bertz CT molecular complexity index is 226. The molecule has 0 aromatic heterocycles.